The van der Waals surface area contributed by atoms with Crippen molar-refractivity contribution in [1.82, 2.24) is 10.0 Å². The van der Waals surface area contributed by atoms with Crippen LogP contribution in [0.3, 0.4) is 0 Å². The zero-order valence-corrected chi connectivity index (χ0v) is 13.7. The van der Waals surface area contributed by atoms with E-state index in [4.69, 9.17) is 0 Å². The van der Waals surface area contributed by atoms with Crippen LogP contribution in [0.5, 0.6) is 0 Å². The molecule has 0 aliphatic carbocycles. The van der Waals surface area contributed by atoms with E-state index >= 15 is 0 Å². The van der Waals surface area contributed by atoms with E-state index in [1.165, 1.54) is 24.3 Å². The number of hydrogen-bond donors (Lipinski definition) is 2. The van der Waals surface area contributed by atoms with Crippen LogP contribution in [-0.2, 0) is 10.0 Å². The summed E-state index contributed by atoms with van der Waals surface area (Å²) in [7, 11) is -3.48. The van der Waals surface area contributed by atoms with Gasteiger partial charge in [0.1, 0.15) is 0 Å². The number of benzene rings is 1. The van der Waals surface area contributed by atoms with Gasteiger partial charge in [-0.15, -0.1) is 0 Å². The minimum atomic E-state index is -3.48. The molecule has 2 N–H and O–H groups in total. The third-order valence-corrected chi connectivity index (χ3v) is 4.40. The van der Waals surface area contributed by atoms with Crippen LogP contribution in [0.4, 0.5) is 0 Å². The van der Waals surface area contributed by atoms with E-state index in [1.807, 2.05) is 20.8 Å². The largest absolute Gasteiger partial charge is 0.352 e. The highest BCUT2D eigenvalue weighted by atomic mass is 32.2. The summed E-state index contributed by atoms with van der Waals surface area (Å²) in [5, 5.41) is 2.79. The van der Waals surface area contributed by atoms with Crippen molar-refractivity contribution in [1.29, 1.82) is 0 Å². The molecule has 0 aliphatic rings. The molecule has 0 saturated heterocycles. The molecule has 1 aromatic carbocycles. The first-order valence-electron chi connectivity index (χ1n) is 7.24. The Bertz CT molecular complexity index is 551. The van der Waals surface area contributed by atoms with Gasteiger partial charge in [0.15, 0.2) is 0 Å². The average molecular weight is 312 g/mol. The van der Waals surface area contributed by atoms with Crippen LogP contribution in [0.2, 0.25) is 0 Å². The van der Waals surface area contributed by atoms with E-state index in [9.17, 15) is 13.2 Å². The summed E-state index contributed by atoms with van der Waals surface area (Å²) in [4.78, 5) is 12.0. The van der Waals surface area contributed by atoms with Gasteiger partial charge in [-0.3, -0.25) is 4.79 Å². The maximum Gasteiger partial charge on any atom is 0.251 e. The molecule has 0 aliphatic heterocycles. The van der Waals surface area contributed by atoms with Gasteiger partial charge in [0.25, 0.3) is 5.91 Å². The van der Waals surface area contributed by atoms with Crippen molar-refractivity contribution < 1.29 is 13.2 Å². The van der Waals surface area contributed by atoms with Gasteiger partial charge in [-0.25, -0.2) is 13.1 Å². The smallest absolute Gasteiger partial charge is 0.251 e. The topological polar surface area (TPSA) is 75.3 Å². The number of carbonyl (C=O) groups is 1. The number of carbonyl (C=O) groups excluding carboxylic acids is 1. The van der Waals surface area contributed by atoms with Crippen molar-refractivity contribution >= 4 is 15.9 Å². The first-order valence-corrected chi connectivity index (χ1v) is 8.73. The summed E-state index contributed by atoms with van der Waals surface area (Å²) in [6.07, 6.45) is 1.73. The van der Waals surface area contributed by atoms with Gasteiger partial charge in [0, 0.05) is 18.7 Å². The molecule has 0 bridgehead atoms. The zero-order chi connectivity index (χ0) is 15.9. The summed E-state index contributed by atoms with van der Waals surface area (Å²) in [5.41, 5.74) is 0.461. The van der Waals surface area contributed by atoms with Crippen molar-refractivity contribution in [3.63, 3.8) is 0 Å². The molecular weight excluding hydrogens is 288 g/mol. The first-order chi connectivity index (χ1) is 9.86. The summed E-state index contributed by atoms with van der Waals surface area (Å²) in [6, 6.07) is 5.98. The van der Waals surface area contributed by atoms with Gasteiger partial charge in [0.2, 0.25) is 10.0 Å². The van der Waals surface area contributed by atoms with Crippen molar-refractivity contribution in [3.8, 4) is 0 Å². The van der Waals surface area contributed by atoms with Gasteiger partial charge < -0.3 is 5.32 Å². The van der Waals surface area contributed by atoms with Crippen LogP contribution in [-0.4, -0.2) is 27.4 Å². The fourth-order valence-corrected chi connectivity index (χ4v) is 2.73. The maximum atomic E-state index is 12.0. The molecule has 21 heavy (non-hydrogen) atoms. The summed E-state index contributed by atoms with van der Waals surface area (Å²) < 4.78 is 26.5. The molecule has 0 fully saturated rings. The zero-order valence-electron chi connectivity index (χ0n) is 12.8. The number of sulfonamides is 1. The monoisotopic (exact) mass is 312 g/mol. The van der Waals surface area contributed by atoms with Gasteiger partial charge in [-0.2, -0.15) is 0 Å². The lowest BCUT2D eigenvalue weighted by atomic mass is 10.2. The lowest BCUT2D eigenvalue weighted by Crippen LogP contribution is -2.27. The molecule has 5 nitrogen and oxygen atoms in total. The van der Waals surface area contributed by atoms with Crippen molar-refractivity contribution in [3.05, 3.63) is 29.8 Å². The van der Waals surface area contributed by atoms with Crippen molar-refractivity contribution in [2.24, 2.45) is 5.92 Å². The lowest BCUT2D eigenvalue weighted by molar-refractivity contribution is 0.0949. The Morgan fingerprint density at radius 2 is 1.81 bits per heavy atom. The van der Waals surface area contributed by atoms with Crippen LogP contribution < -0.4 is 10.0 Å². The second-order valence-corrected chi connectivity index (χ2v) is 7.15. The minimum Gasteiger partial charge on any atom is -0.352 e. The Labute approximate surface area is 127 Å². The predicted octanol–water partition coefficient (Wildman–Crippen LogP) is 2.15. The van der Waals surface area contributed by atoms with Crippen molar-refractivity contribution in [2.45, 2.75) is 38.5 Å². The molecule has 1 aromatic rings. The molecule has 0 unspecified atom stereocenters. The lowest BCUT2D eigenvalue weighted by Gasteiger charge is -2.09. The summed E-state index contributed by atoms with van der Waals surface area (Å²) in [5.74, 6) is 0.183. The van der Waals surface area contributed by atoms with E-state index < -0.39 is 10.0 Å². The number of unbranched alkanes of at least 4 members (excludes halogenated alkanes) is 1. The summed E-state index contributed by atoms with van der Waals surface area (Å²) >= 11 is 0. The fourth-order valence-electron chi connectivity index (χ4n) is 1.65. The fraction of sp³-hybridized carbons (Fsp3) is 0.533. The maximum absolute atomic E-state index is 12.0. The molecule has 0 radical (unpaired) electrons. The molecule has 6 heteroatoms. The van der Waals surface area contributed by atoms with E-state index in [0.717, 1.165) is 12.8 Å². The molecule has 0 spiro atoms. The highest BCUT2D eigenvalue weighted by molar-refractivity contribution is 7.89. The SMILES string of the molecule is CCCCNS(=O)(=O)c1ccc(C(=O)NCC(C)C)cc1. The highest BCUT2D eigenvalue weighted by Crippen LogP contribution is 2.10. The first kappa shape index (κ1) is 17.7. The van der Waals surface area contributed by atoms with Crippen LogP contribution in [0.15, 0.2) is 29.2 Å². The van der Waals surface area contributed by atoms with Crippen LogP contribution in [0.1, 0.15) is 44.0 Å². The Morgan fingerprint density at radius 3 is 2.33 bits per heavy atom. The molecule has 0 heterocycles. The van der Waals surface area contributed by atoms with Crippen LogP contribution in [0, 0.1) is 5.92 Å². The number of rotatable bonds is 8. The molecular formula is C15H24N2O3S. The minimum absolute atomic E-state index is 0.180. The molecule has 1 rings (SSSR count). The molecule has 1 amide bonds. The number of nitrogens with one attached hydrogen (secondary N) is 2. The van der Waals surface area contributed by atoms with Gasteiger partial charge >= 0.3 is 0 Å². The Balaban J connectivity index is 2.71. The third-order valence-electron chi connectivity index (χ3n) is 2.92. The Morgan fingerprint density at radius 1 is 1.19 bits per heavy atom. The molecule has 0 saturated carbocycles. The van der Waals surface area contributed by atoms with Crippen LogP contribution in [0.25, 0.3) is 0 Å². The normalized spacial score (nSPS) is 11.6. The quantitative estimate of drug-likeness (QED) is 0.722. The van der Waals surface area contributed by atoms with Crippen molar-refractivity contribution in [2.75, 3.05) is 13.1 Å². The predicted molar refractivity (Wildman–Crippen MR) is 83.7 cm³/mol. The second-order valence-electron chi connectivity index (χ2n) is 5.38. The molecule has 118 valence electrons. The molecule has 0 atom stereocenters. The Kier molecular flexibility index (Phi) is 6.84. The highest BCUT2D eigenvalue weighted by Gasteiger charge is 2.14. The number of hydrogen-bond acceptors (Lipinski definition) is 3. The van der Waals surface area contributed by atoms with E-state index in [1.54, 1.807) is 0 Å². The number of amides is 1. The van der Waals surface area contributed by atoms with Crippen LogP contribution >= 0.6 is 0 Å². The third kappa shape index (κ3) is 5.85. The van der Waals surface area contributed by atoms with Gasteiger partial charge in [-0.05, 0) is 36.6 Å². The van der Waals surface area contributed by atoms with E-state index in [2.05, 4.69) is 10.0 Å². The molecule has 0 aromatic heterocycles. The summed E-state index contributed by atoms with van der Waals surface area (Å²) in [6.45, 7) is 7.04. The van der Waals surface area contributed by atoms with Gasteiger partial charge in [0.05, 0.1) is 4.90 Å². The average Bonchev–Trinajstić information content (AvgIpc) is 2.45. The van der Waals surface area contributed by atoms with E-state index in [-0.39, 0.29) is 10.8 Å². The van der Waals surface area contributed by atoms with Gasteiger partial charge in [-0.1, -0.05) is 27.2 Å². The van der Waals surface area contributed by atoms with E-state index in [0.29, 0.717) is 24.6 Å². The Hall–Kier alpha value is -1.40. The second kappa shape index (κ2) is 8.14. The standard InChI is InChI=1S/C15H24N2O3S/c1-4-5-10-17-21(19,20)14-8-6-13(7-9-14)15(18)16-11-12(2)3/h6-9,12,17H,4-5,10-11H2,1-3H3,(H,16,18).